The summed E-state index contributed by atoms with van der Waals surface area (Å²) in [5.41, 5.74) is -1.51. The van der Waals surface area contributed by atoms with Crippen molar-refractivity contribution in [2.75, 3.05) is 0 Å². The molecule has 0 heterocycles. The van der Waals surface area contributed by atoms with Crippen LogP contribution in [0.5, 0.6) is 0 Å². The quantitative estimate of drug-likeness (QED) is 0.817. The number of halogens is 4. The summed E-state index contributed by atoms with van der Waals surface area (Å²) < 4.78 is 37.6. The molecule has 0 fully saturated rings. The average Bonchev–Trinajstić information content (AvgIpc) is 2.12. The summed E-state index contributed by atoms with van der Waals surface area (Å²) in [6.45, 7) is 0. The van der Waals surface area contributed by atoms with Gasteiger partial charge in [0.25, 0.3) is 0 Å². The number of carbonyl (C=O) groups is 1. The van der Waals surface area contributed by atoms with Gasteiger partial charge < -0.3 is 5.11 Å². The van der Waals surface area contributed by atoms with Crippen LogP contribution in [0.3, 0.4) is 0 Å². The lowest BCUT2D eigenvalue weighted by atomic mass is 10.1. The Kier molecular flexibility index (Phi) is 3.59. The van der Waals surface area contributed by atoms with Crippen LogP contribution in [0.25, 0.3) is 5.57 Å². The second-order valence-electron chi connectivity index (χ2n) is 2.90. The molecule has 0 aliphatic heterocycles. The third-order valence-corrected chi connectivity index (χ3v) is 1.94. The van der Waals surface area contributed by atoms with Gasteiger partial charge in [0.2, 0.25) is 0 Å². The maximum Gasteiger partial charge on any atom is 0.417 e. The smallest absolute Gasteiger partial charge is 0.417 e. The predicted molar refractivity (Wildman–Crippen MR) is 53.1 cm³/mol. The molecule has 1 aromatic rings. The Morgan fingerprint density at radius 3 is 2.44 bits per heavy atom. The fourth-order valence-corrected chi connectivity index (χ4v) is 1.30. The number of rotatable bonds is 2. The molecule has 16 heavy (non-hydrogen) atoms. The van der Waals surface area contributed by atoms with Crippen LogP contribution in [0.1, 0.15) is 5.56 Å². The van der Waals surface area contributed by atoms with Gasteiger partial charge in [-0.1, -0.05) is 23.7 Å². The number of benzene rings is 1. The minimum atomic E-state index is -4.73. The molecule has 1 aromatic carbocycles. The van der Waals surface area contributed by atoms with Crippen molar-refractivity contribution in [3.8, 4) is 0 Å². The van der Waals surface area contributed by atoms with Crippen molar-refractivity contribution in [1.82, 2.24) is 0 Å². The summed E-state index contributed by atoms with van der Waals surface area (Å²) in [5, 5.41) is 8.48. The molecule has 0 aliphatic rings. The molecular weight excluding hydrogens is 245 g/mol. The van der Waals surface area contributed by atoms with Crippen molar-refractivity contribution in [3.63, 3.8) is 0 Å². The van der Waals surface area contributed by atoms with Crippen molar-refractivity contribution in [3.05, 3.63) is 40.9 Å². The minimum absolute atomic E-state index is 0.109. The lowest BCUT2D eigenvalue weighted by Gasteiger charge is -2.11. The molecular formula is C10H6ClF3O2. The van der Waals surface area contributed by atoms with E-state index in [1.54, 1.807) is 0 Å². The van der Waals surface area contributed by atoms with Crippen LogP contribution in [0.2, 0.25) is 5.02 Å². The highest BCUT2D eigenvalue weighted by Crippen LogP contribution is 2.34. The molecule has 0 atom stereocenters. The molecule has 2 nitrogen and oxygen atoms in total. The van der Waals surface area contributed by atoms with Gasteiger partial charge in [0, 0.05) is 11.1 Å². The molecule has 0 amide bonds. The summed E-state index contributed by atoms with van der Waals surface area (Å²) in [6.07, 6.45) is -4.62. The fraction of sp³-hybridized carbons (Fsp3) is 0.100. The van der Waals surface area contributed by atoms with Crippen LogP contribution in [-0.2, 0) is 4.79 Å². The van der Waals surface area contributed by atoms with Crippen molar-refractivity contribution in [1.29, 1.82) is 0 Å². The summed E-state index contributed by atoms with van der Waals surface area (Å²) in [7, 11) is 0. The maximum atomic E-state index is 12.5. The van der Waals surface area contributed by atoms with E-state index in [1.165, 1.54) is 12.1 Å². The molecule has 0 radical (unpaired) electrons. The molecule has 1 N–H and O–H groups in total. The molecule has 0 bridgehead atoms. The monoisotopic (exact) mass is 250 g/mol. The minimum Gasteiger partial charge on any atom is -0.478 e. The van der Waals surface area contributed by atoms with Gasteiger partial charge in [0.15, 0.2) is 0 Å². The van der Waals surface area contributed by atoms with Crippen molar-refractivity contribution < 1.29 is 23.1 Å². The van der Waals surface area contributed by atoms with E-state index in [1.807, 2.05) is 0 Å². The van der Waals surface area contributed by atoms with Gasteiger partial charge in [-0.15, -0.1) is 0 Å². The summed E-state index contributed by atoms with van der Waals surface area (Å²) in [6, 6.07) is 4.93. The third-order valence-electron chi connectivity index (χ3n) is 1.71. The van der Waals surface area contributed by atoms with Crippen LogP contribution >= 0.6 is 11.6 Å². The van der Waals surface area contributed by atoms with Gasteiger partial charge in [-0.2, -0.15) is 13.2 Å². The second-order valence-corrected chi connectivity index (χ2v) is 3.34. The number of allylic oxidation sites excluding steroid dienone is 1. The largest absolute Gasteiger partial charge is 0.478 e. The van der Waals surface area contributed by atoms with Gasteiger partial charge in [-0.3, -0.25) is 0 Å². The first-order chi connectivity index (χ1) is 7.30. The zero-order chi connectivity index (χ0) is 12.3. The number of hydrogen-bond donors (Lipinski definition) is 1. The van der Waals surface area contributed by atoms with Gasteiger partial charge >= 0.3 is 12.1 Å². The van der Waals surface area contributed by atoms with Gasteiger partial charge in [0.1, 0.15) is 0 Å². The highest BCUT2D eigenvalue weighted by molar-refractivity contribution is 6.30. The fourth-order valence-electron chi connectivity index (χ4n) is 1.11. The zero-order valence-electron chi connectivity index (χ0n) is 7.75. The Balaban J connectivity index is 3.28. The van der Waals surface area contributed by atoms with E-state index < -0.39 is 17.7 Å². The summed E-state index contributed by atoms with van der Waals surface area (Å²) >= 11 is 5.53. The first-order valence-corrected chi connectivity index (χ1v) is 4.46. The first kappa shape index (κ1) is 12.6. The maximum absolute atomic E-state index is 12.5. The summed E-state index contributed by atoms with van der Waals surface area (Å²) in [4.78, 5) is 10.3. The average molecular weight is 251 g/mol. The molecule has 86 valence electrons. The number of alkyl halides is 3. The molecule has 0 saturated heterocycles. The second kappa shape index (κ2) is 4.57. The number of carboxylic acids is 1. The Morgan fingerprint density at radius 2 is 2.00 bits per heavy atom. The first-order valence-electron chi connectivity index (χ1n) is 4.08. The molecule has 6 heteroatoms. The van der Waals surface area contributed by atoms with E-state index in [0.29, 0.717) is 0 Å². The van der Waals surface area contributed by atoms with Crippen LogP contribution in [0, 0.1) is 0 Å². The molecule has 0 saturated carbocycles. The Hall–Kier alpha value is -1.49. The highest BCUT2D eigenvalue weighted by Gasteiger charge is 2.35. The van der Waals surface area contributed by atoms with Crippen molar-refractivity contribution >= 4 is 23.1 Å². The zero-order valence-corrected chi connectivity index (χ0v) is 8.51. The van der Waals surface area contributed by atoms with E-state index in [-0.39, 0.29) is 16.7 Å². The van der Waals surface area contributed by atoms with E-state index >= 15 is 0 Å². The molecule has 0 unspecified atom stereocenters. The topological polar surface area (TPSA) is 37.3 Å². The van der Waals surface area contributed by atoms with Gasteiger partial charge in [-0.25, -0.2) is 4.79 Å². The number of aliphatic carboxylic acids is 1. The van der Waals surface area contributed by atoms with Crippen LogP contribution < -0.4 is 0 Å². The molecule has 0 aromatic heterocycles. The van der Waals surface area contributed by atoms with E-state index in [9.17, 15) is 18.0 Å². The number of carboxylic acid groups (broad SMARTS) is 1. The SMILES string of the molecule is O=C(O)C=C(c1cccc(Cl)c1)C(F)(F)F. The Morgan fingerprint density at radius 1 is 1.38 bits per heavy atom. The van der Waals surface area contributed by atoms with Gasteiger partial charge in [0.05, 0.1) is 5.57 Å². The van der Waals surface area contributed by atoms with Crippen LogP contribution in [0.4, 0.5) is 13.2 Å². The molecule has 0 aliphatic carbocycles. The normalized spacial score (nSPS) is 12.6. The van der Waals surface area contributed by atoms with Crippen molar-refractivity contribution in [2.24, 2.45) is 0 Å². The van der Waals surface area contributed by atoms with Crippen LogP contribution in [0.15, 0.2) is 30.3 Å². The third kappa shape index (κ3) is 3.27. The van der Waals surface area contributed by atoms with E-state index in [4.69, 9.17) is 16.7 Å². The van der Waals surface area contributed by atoms with Crippen molar-refractivity contribution in [2.45, 2.75) is 6.18 Å². The predicted octanol–water partition coefficient (Wildman–Crippen LogP) is 3.37. The highest BCUT2D eigenvalue weighted by atomic mass is 35.5. The molecule has 1 rings (SSSR count). The Labute approximate surface area is 94.0 Å². The number of hydrogen-bond acceptors (Lipinski definition) is 1. The lowest BCUT2D eigenvalue weighted by Crippen LogP contribution is -2.12. The van der Waals surface area contributed by atoms with Gasteiger partial charge in [-0.05, 0) is 17.7 Å². The molecule has 0 spiro atoms. The lowest BCUT2D eigenvalue weighted by molar-refractivity contribution is -0.131. The standard InChI is InChI=1S/C10H6ClF3O2/c11-7-3-1-2-6(4-7)8(5-9(15)16)10(12,13)14/h1-5H,(H,15,16). The summed E-state index contributed by atoms with van der Waals surface area (Å²) in [5.74, 6) is -1.66. The van der Waals surface area contributed by atoms with E-state index in [2.05, 4.69) is 0 Å². The van der Waals surface area contributed by atoms with Crippen LogP contribution in [-0.4, -0.2) is 17.3 Å². The Bertz CT molecular complexity index is 438. The van der Waals surface area contributed by atoms with E-state index in [0.717, 1.165) is 12.1 Å².